The Balaban J connectivity index is 2.51. The van der Waals surface area contributed by atoms with Crippen LogP contribution < -0.4 is 5.32 Å². The van der Waals surface area contributed by atoms with Crippen molar-refractivity contribution in [2.45, 2.75) is 19.4 Å². The number of carbonyl (C=O) groups is 2. The predicted molar refractivity (Wildman–Crippen MR) is 62.0 cm³/mol. The van der Waals surface area contributed by atoms with Gasteiger partial charge in [-0.3, -0.25) is 4.79 Å². The van der Waals surface area contributed by atoms with Gasteiger partial charge in [0, 0.05) is 6.08 Å². The molecule has 92 valence electrons. The number of rotatable bonds is 5. The maximum absolute atomic E-state index is 11.5. The van der Waals surface area contributed by atoms with Crippen LogP contribution in [0.3, 0.4) is 0 Å². The lowest BCUT2D eigenvalue weighted by Gasteiger charge is -2.12. The minimum absolute atomic E-state index is 0.362. The second-order valence-electron chi connectivity index (χ2n) is 3.34. The van der Waals surface area contributed by atoms with Crippen LogP contribution in [0.1, 0.15) is 19.1 Å². The van der Waals surface area contributed by atoms with Gasteiger partial charge in [-0.25, -0.2) is 4.79 Å². The van der Waals surface area contributed by atoms with Crippen molar-refractivity contribution < 1.29 is 18.7 Å². The zero-order valence-electron chi connectivity index (χ0n) is 9.80. The molecule has 1 heterocycles. The molecule has 17 heavy (non-hydrogen) atoms. The summed E-state index contributed by atoms with van der Waals surface area (Å²) < 4.78 is 9.58. The number of amides is 1. The minimum Gasteiger partial charge on any atom is -0.467 e. The number of esters is 1. The molecule has 0 spiro atoms. The van der Waals surface area contributed by atoms with Crippen molar-refractivity contribution in [1.29, 1.82) is 0 Å². The number of hydrogen-bond acceptors (Lipinski definition) is 4. The standard InChI is InChI=1S/C12H15NO4/c1-3-10(12(15)16-2)13-11(14)7-6-9-5-4-8-17-9/h4-8,10H,3H2,1-2H3,(H,13,14)/b7-6+. The molecule has 0 aliphatic rings. The fourth-order valence-corrected chi connectivity index (χ4v) is 1.23. The predicted octanol–water partition coefficient (Wildman–Crippen LogP) is 1.36. The Hall–Kier alpha value is -2.04. The number of methoxy groups -OCH3 is 1. The van der Waals surface area contributed by atoms with Crippen molar-refractivity contribution in [1.82, 2.24) is 5.32 Å². The van der Waals surface area contributed by atoms with Crippen LogP contribution in [0.25, 0.3) is 6.08 Å². The first kappa shape index (κ1) is 13.0. The van der Waals surface area contributed by atoms with Crippen LogP contribution in [-0.4, -0.2) is 25.0 Å². The fourth-order valence-electron chi connectivity index (χ4n) is 1.23. The number of ether oxygens (including phenoxy) is 1. The molecule has 1 N–H and O–H groups in total. The Morgan fingerprint density at radius 2 is 2.35 bits per heavy atom. The van der Waals surface area contributed by atoms with Gasteiger partial charge >= 0.3 is 5.97 Å². The highest BCUT2D eigenvalue weighted by Crippen LogP contribution is 2.02. The van der Waals surface area contributed by atoms with Crippen LogP contribution in [0.15, 0.2) is 28.9 Å². The van der Waals surface area contributed by atoms with Gasteiger partial charge in [-0.15, -0.1) is 0 Å². The molecule has 5 heteroatoms. The van der Waals surface area contributed by atoms with Crippen molar-refractivity contribution in [3.63, 3.8) is 0 Å². The summed E-state index contributed by atoms with van der Waals surface area (Å²) in [6.07, 6.45) is 4.83. The molecule has 0 fully saturated rings. The summed E-state index contributed by atoms with van der Waals surface area (Å²) in [6, 6.07) is 2.83. The quantitative estimate of drug-likeness (QED) is 0.620. The molecule has 1 aromatic rings. The highest BCUT2D eigenvalue weighted by molar-refractivity contribution is 5.94. The lowest BCUT2D eigenvalue weighted by molar-refractivity contribution is -0.144. The Morgan fingerprint density at radius 1 is 1.59 bits per heavy atom. The van der Waals surface area contributed by atoms with E-state index in [1.807, 2.05) is 0 Å². The normalized spacial score (nSPS) is 12.4. The van der Waals surface area contributed by atoms with E-state index in [1.165, 1.54) is 25.5 Å². The average Bonchev–Trinajstić information content (AvgIpc) is 2.85. The zero-order chi connectivity index (χ0) is 12.7. The van der Waals surface area contributed by atoms with Gasteiger partial charge in [-0.2, -0.15) is 0 Å². The number of furan rings is 1. The van der Waals surface area contributed by atoms with Crippen LogP contribution >= 0.6 is 0 Å². The van der Waals surface area contributed by atoms with E-state index in [4.69, 9.17) is 4.42 Å². The first-order valence-electron chi connectivity index (χ1n) is 5.27. The Kier molecular flexibility index (Phi) is 5.00. The van der Waals surface area contributed by atoms with Crippen LogP contribution in [0.4, 0.5) is 0 Å². The zero-order valence-corrected chi connectivity index (χ0v) is 9.80. The maximum Gasteiger partial charge on any atom is 0.328 e. The summed E-state index contributed by atoms with van der Waals surface area (Å²) in [6.45, 7) is 1.79. The van der Waals surface area contributed by atoms with Crippen LogP contribution in [0.5, 0.6) is 0 Å². The van der Waals surface area contributed by atoms with Gasteiger partial charge in [0.25, 0.3) is 0 Å². The third-order valence-corrected chi connectivity index (χ3v) is 2.15. The third kappa shape index (κ3) is 4.14. The van der Waals surface area contributed by atoms with Crippen molar-refractivity contribution in [2.75, 3.05) is 7.11 Å². The van der Waals surface area contributed by atoms with E-state index in [-0.39, 0.29) is 5.91 Å². The lowest BCUT2D eigenvalue weighted by atomic mass is 10.2. The second kappa shape index (κ2) is 6.52. The molecule has 0 bridgehead atoms. The number of nitrogens with one attached hydrogen (secondary N) is 1. The van der Waals surface area contributed by atoms with Gasteiger partial charge in [0.1, 0.15) is 11.8 Å². The van der Waals surface area contributed by atoms with Gasteiger partial charge in [-0.1, -0.05) is 6.92 Å². The molecule has 1 amide bonds. The molecule has 5 nitrogen and oxygen atoms in total. The van der Waals surface area contributed by atoms with Crippen LogP contribution in [0.2, 0.25) is 0 Å². The number of carbonyl (C=O) groups excluding carboxylic acids is 2. The molecular formula is C12H15NO4. The van der Waals surface area contributed by atoms with Gasteiger partial charge < -0.3 is 14.5 Å². The first-order valence-corrected chi connectivity index (χ1v) is 5.27. The molecular weight excluding hydrogens is 222 g/mol. The van der Waals surface area contributed by atoms with Gasteiger partial charge in [0.05, 0.1) is 13.4 Å². The van der Waals surface area contributed by atoms with Gasteiger partial charge in [0.2, 0.25) is 5.91 Å². The smallest absolute Gasteiger partial charge is 0.328 e. The molecule has 0 saturated heterocycles. The molecule has 1 rings (SSSR count). The van der Waals surface area contributed by atoms with E-state index in [1.54, 1.807) is 19.1 Å². The molecule has 0 aromatic carbocycles. The summed E-state index contributed by atoms with van der Waals surface area (Å²) >= 11 is 0. The number of hydrogen-bond donors (Lipinski definition) is 1. The summed E-state index contributed by atoms with van der Waals surface area (Å²) in [5, 5.41) is 2.54. The van der Waals surface area contributed by atoms with E-state index < -0.39 is 12.0 Å². The molecule has 0 aliphatic heterocycles. The first-order chi connectivity index (χ1) is 8.17. The maximum atomic E-state index is 11.5. The van der Waals surface area contributed by atoms with E-state index in [0.717, 1.165) is 0 Å². The Morgan fingerprint density at radius 3 is 2.88 bits per heavy atom. The highest BCUT2D eigenvalue weighted by Gasteiger charge is 2.17. The summed E-state index contributed by atoms with van der Waals surface area (Å²) in [5.41, 5.74) is 0. The van der Waals surface area contributed by atoms with Crippen LogP contribution in [-0.2, 0) is 14.3 Å². The summed E-state index contributed by atoms with van der Waals surface area (Å²) in [4.78, 5) is 22.7. The molecule has 0 aliphatic carbocycles. The molecule has 1 unspecified atom stereocenters. The highest BCUT2D eigenvalue weighted by atomic mass is 16.5. The Labute approximate surface area is 99.4 Å². The van der Waals surface area contributed by atoms with Crippen LogP contribution in [0, 0.1) is 0 Å². The summed E-state index contributed by atoms with van der Waals surface area (Å²) in [5.74, 6) is -0.239. The third-order valence-electron chi connectivity index (χ3n) is 2.15. The van der Waals surface area contributed by atoms with E-state index in [9.17, 15) is 9.59 Å². The lowest BCUT2D eigenvalue weighted by Crippen LogP contribution is -2.40. The minimum atomic E-state index is -0.617. The average molecular weight is 237 g/mol. The topological polar surface area (TPSA) is 68.5 Å². The molecule has 1 atom stereocenters. The molecule has 0 radical (unpaired) electrons. The monoisotopic (exact) mass is 237 g/mol. The second-order valence-corrected chi connectivity index (χ2v) is 3.34. The van der Waals surface area contributed by atoms with E-state index >= 15 is 0 Å². The van der Waals surface area contributed by atoms with Gasteiger partial charge in [-0.05, 0) is 24.6 Å². The summed E-state index contributed by atoms with van der Waals surface area (Å²) in [7, 11) is 1.29. The SMILES string of the molecule is CCC(NC(=O)/C=C/c1ccco1)C(=O)OC. The molecule has 1 aromatic heterocycles. The van der Waals surface area contributed by atoms with E-state index in [0.29, 0.717) is 12.2 Å². The van der Waals surface area contributed by atoms with Crippen molar-refractivity contribution in [3.05, 3.63) is 30.2 Å². The largest absolute Gasteiger partial charge is 0.467 e. The molecule has 0 saturated carbocycles. The van der Waals surface area contributed by atoms with Crippen molar-refractivity contribution in [3.8, 4) is 0 Å². The van der Waals surface area contributed by atoms with E-state index in [2.05, 4.69) is 10.1 Å². The Bertz CT molecular complexity index is 395. The van der Waals surface area contributed by atoms with Gasteiger partial charge in [0.15, 0.2) is 0 Å². The fraction of sp³-hybridized carbons (Fsp3) is 0.333. The van der Waals surface area contributed by atoms with Crippen molar-refractivity contribution >= 4 is 18.0 Å². The van der Waals surface area contributed by atoms with Crippen molar-refractivity contribution in [2.24, 2.45) is 0 Å².